The van der Waals surface area contributed by atoms with E-state index in [1.165, 1.54) is 4.90 Å². The number of halogens is 1. The summed E-state index contributed by atoms with van der Waals surface area (Å²) >= 11 is 2.38. The average Bonchev–Trinajstić information content (AvgIpc) is 3.18. The van der Waals surface area contributed by atoms with Gasteiger partial charge in [-0.1, -0.05) is 126 Å². The monoisotopic (exact) mass is 1120 g/mol. The first-order valence-electron chi connectivity index (χ1n) is 26.3. The first kappa shape index (κ1) is 69.1. The van der Waals surface area contributed by atoms with Gasteiger partial charge in [0, 0.05) is 42.3 Å². The van der Waals surface area contributed by atoms with Crippen LogP contribution in [0.3, 0.4) is 0 Å². The summed E-state index contributed by atoms with van der Waals surface area (Å²) in [6.07, 6.45) is 3.45. The molecule has 0 rings (SSSR count). The van der Waals surface area contributed by atoms with Gasteiger partial charge in [-0.3, -0.25) is 19.2 Å². The summed E-state index contributed by atoms with van der Waals surface area (Å²) < 4.78 is 19.7. The second-order valence-corrected chi connectivity index (χ2v) is 29.2. The smallest absolute Gasteiger partial charge is 0.310 e. The number of rotatable bonds is 32. The number of aliphatic hydroxyl groups excluding tert-OH is 1. The number of hydrogen-bond donors (Lipinski definition) is 3. The van der Waals surface area contributed by atoms with E-state index in [0.29, 0.717) is 49.7 Å². The van der Waals surface area contributed by atoms with Crippen molar-refractivity contribution < 1.29 is 47.8 Å². The lowest BCUT2D eigenvalue weighted by atomic mass is 9.48. The number of quaternary nitrogens is 1. The molecule has 0 saturated heterocycles. The van der Waals surface area contributed by atoms with Crippen LogP contribution in [0.5, 0.6) is 0 Å². The van der Waals surface area contributed by atoms with Crippen molar-refractivity contribution in [3.63, 3.8) is 0 Å². The molecule has 0 radical (unpaired) electrons. The van der Waals surface area contributed by atoms with Gasteiger partial charge in [0.2, 0.25) is 11.8 Å². The van der Waals surface area contributed by atoms with E-state index in [-0.39, 0.29) is 43.6 Å². The molecule has 0 fully saturated rings. The van der Waals surface area contributed by atoms with Gasteiger partial charge in [0.25, 0.3) is 0 Å². The molecular weight excluding hydrogens is 1010 g/mol. The molecule has 0 aromatic rings. The zero-order valence-electron chi connectivity index (χ0n) is 50.1. The molecule has 0 spiro atoms. The molecule has 0 saturated carbocycles. The molecule has 5 atom stereocenters. The SMILES string of the molecule is CC(C)OCCC(C)(C)OC(=O)C(CC(C)(C)C(C)(C)C(CC(C)(C)N)C(=O)N(C)CC=O)C(C)(CI)C(C)(C)CC(C(=O)OCCO)C(C)(C)C(C)(C)CC(C)(C(=O)NCCC[N+](C)(C)C)C(C)(C)C. The largest absolute Gasteiger partial charge is 0.463 e. The van der Waals surface area contributed by atoms with Crippen molar-refractivity contribution in [3.05, 3.63) is 0 Å². The molecule has 418 valence electrons. The maximum atomic E-state index is 15.5. The minimum Gasteiger partial charge on any atom is -0.463 e. The maximum absolute atomic E-state index is 15.5. The number of likely N-dealkylation sites (N-methyl/N-ethyl adjacent to an activating group) is 1. The molecule has 0 aliphatic rings. The molecule has 0 aromatic carbocycles. The number of carbonyl (C=O) groups excluding carboxylic acids is 5. The van der Waals surface area contributed by atoms with Gasteiger partial charge in [-0.2, -0.15) is 0 Å². The van der Waals surface area contributed by atoms with Gasteiger partial charge in [-0.25, -0.2) is 0 Å². The molecule has 0 aliphatic heterocycles. The van der Waals surface area contributed by atoms with Crippen LogP contribution >= 0.6 is 22.6 Å². The third-order valence-corrected chi connectivity index (χ3v) is 19.3. The Morgan fingerprint density at radius 2 is 1.24 bits per heavy atom. The van der Waals surface area contributed by atoms with E-state index in [1.54, 1.807) is 7.05 Å². The van der Waals surface area contributed by atoms with Gasteiger partial charge in [0.1, 0.15) is 18.5 Å². The fourth-order valence-corrected chi connectivity index (χ4v) is 11.5. The van der Waals surface area contributed by atoms with E-state index >= 15 is 4.79 Å². The lowest BCUT2D eigenvalue weighted by molar-refractivity contribution is -0.870. The van der Waals surface area contributed by atoms with Crippen LogP contribution in [0, 0.1) is 61.1 Å². The Balaban J connectivity index is 8.09. The summed E-state index contributed by atoms with van der Waals surface area (Å²) in [7, 11) is 8.05. The minimum absolute atomic E-state index is 0.00792. The number of ether oxygens (including phenoxy) is 3. The summed E-state index contributed by atoms with van der Waals surface area (Å²) in [5, 5.41) is 13.2. The second-order valence-electron chi connectivity index (χ2n) is 28.4. The van der Waals surface area contributed by atoms with Gasteiger partial charge in [0.15, 0.2) is 0 Å². The van der Waals surface area contributed by atoms with Crippen molar-refractivity contribution >= 4 is 52.6 Å². The van der Waals surface area contributed by atoms with E-state index in [4.69, 9.17) is 19.9 Å². The Bertz CT molecular complexity index is 1740. The molecule has 5 unspecified atom stereocenters. The van der Waals surface area contributed by atoms with E-state index in [9.17, 15) is 24.3 Å². The molecule has 13 nitrogen and oxygen atoms in total. The molecular formula is C57H110IN4O9+. The van der Waals surface area contributed by atoms with Gasteiger partial charge in [0.05, 0.1) is 70.8 Å². The molecule has 0 heterocycles. The molecule has 0 aliphatic carbocycles. The molecule has 0 bridgehead atoms. The highest BCUT2D eigenvalue weighted by molar-refractivity contribution is 14.1. The van der Waals surface area contributed by atoms with E-state index in [1.807, 2.05) is 48.5 Å². The Morgan fingerprint density at radius 3 is 1.68 bits per heavy atom. The molecule has 2 amide bonds. The van der Waals surface area contributed by atoms with Crippen molar-refractivity contribution in [1.29, 1.82) is 0 Å². The third-order valence-electron chi connectivity index (χ3n) is 17.7. The predicted octanol–water partition coefficient (Wildman–Crippen LogP) is 10.3. The normalized spacial score (nSPS) is 16.9. The topological polar surface area (TPSA) is 175 Å². The van der Waals surface area contributed by atoms with Crippen LogP contribution in [0.15, 0.2) is 0 Å². The van der Waals surface area contributed by atoms with Crippen molar-refractivity contribution in [2.45, 2.75) is 201 Å². The number of nitrogens with zero attached hydrogens (tertiary/aromatic N) is 2. The minimum atomic E-state index is -0.889. The third kappa shape index (κ3) is 19.0. The number of nitrogens with two attached hydrogens (primary N) is 1. The second kappa shape index (κ2) is 25.8. The Kier molecular flexibility index (Phi) is 25.1. The van der Waals surface area contributed by atoms with Crippen molar-refractivity contribution in [1.82, 2.24) is 10.2 Å². The van der Waals surface area contributed by atoms with Gasteiger partial charge in [-0.05, 0) is 105 Å². The number of hydrogen-bond acceptors (Lipinski definition) is 10. The highest BCUT2D eigenvalue weighted by Crippen LogP contribution is 2.61. The number of amides is 2. The van der Waals surface area contributed by atoms with Gasteiger partial charge < -0.3 is 44.5 Å². The van der Waals surface area contributed by atoms with E-state index in [0.717, 1.165) is 23.7 Å². The van der Waals surface area contributed by atoms with E-state index in [2.05, 4.69) is 146 Å². The fourth-order valence-electron chi connectivity index (χ4n) is 9.98. The van der Waals surface area contributed by atoms with Crippen molar-refractivity contribution in [3.8, 4) is 0 Å². The number of aldehydes is 1. The quantitative estimate of drug-likeness (QED) is 0.0147. The highest BCUT2D eigenvalue weighted by atomic mass is 127. The summed E-state index contributed by atoms with van der Waals surface area (Å²) in [5.74, 6) is -3.13. The zero-order valence-corrected chi connectivity index (χ0v) is 52.3. The number of aliphatic hydroxyl groups is 1. The summed E-state index contributed by atoms with van der Waals surface area (Å²) in [6, 6.07) is 0. The number of alkyl halides is 1. The summed E-state index contributed by atoms with van der Waals surface area (Å²) in [6.45, 7) is 44.4. The van der Waals surface area contributed by atoms with Crippen molar-refractivity contribution in [2.24, 2.45) is 66.8 Å². The van der Waals surface area contributed by atoms with Crippen LogP contribution in [0.4, 0.5) is 0 Å². The average molecular weight is 1120 g/mol. The molecule has 14 heteroatoms. The Hall–Kier alpha value is -1.88. The molecule has 71 heavy (non-hydrogen) atoms. The number of esters is 2. The fraction of sp³-hybridized carbons (Fsp3) is 0.912. The lowest BCUT2D eigenvalue weighted by Gasteiger charge is -2.56. The first-order valence-corrected chi connectivity index (χ1v) is 27.9. The Morgan fingerprint density at radius 1 is 0.732 bits per heavy atom. The highest BCUT2D eigenvalue weighted by Gasteiger charge is 2.60. The van der Waals surface area contributed by atoms with Gasteiger partial charge >= 0.3 is 11.9 Å². The lowest BCUT2D eigenvalue weighted by Crippen LogP contribution is -2.56. The predicted molar refractivity (Wildman–Crippen MR) is 299 cm³/mol. The van der Waals surface area contributed by atoms with Crippen LogP contribution < -0.4 is 11.1 Å². The standard InChI is InChI=1S/C57H109IN4O9/c1-40(2)69-33-27-53(14,15)71-46(67)43(36-49(6,7)54(16,17)41(37-52(12,13)59)44(65)61(22)29-31-63)57(21,39-58)50(8,9)35-42(45(66)70-34-32-64)55(18,19)51(10,11)38-56(20,48(3,4)5)47(68)60-28-26-30-62(23,24)25/h31,40-43,64H,26-30,32-39,59H2,1-25H3/p+1. The Labute approximate surface area is 448 Å². The first-order chi connectivity index (χ1) is 31.6. The van der Waals surface area contributed by atoms with Crippen LogP contribution in [0.2, 0.25) is 0 Å². The summed E-state index contributed by atoms with van der Waals surface area (Å²) in [5.41, 5.74) is -0.759. The van der Waals surface area contributed by atoms with Crippen LogP contribution in [-0.2, 0) is 38.2 Å². The zero-order chi connectivity index (χ0) is 56.4. The van der Waals surface area contributed by atoms with Crippen LogP contribution in [-0.4, -0.2) is 134 Å². The van der Waals surface area contributed by atoms with Gasteiger partial charge in [-0.15, -0.1) is 0 Å². The van der Waals surface area contributed by atoms with Crippen LogP contribution in [0.1, 0.15) is 184 Å². The van der Waals surface area contributed by atoms with Crippen molar-refractivity contribution in [2.75, 3.05) is 72.1 Å². The number of carbonyl (C=O) groups is 5. The molecule has 0 aromatic heterocycles. The van der Waals surface area contributed by atoms with Crippen LogP contribution in [0.25, 0.3) is 0 Å². The number of nitrogens with one attached hydrogen (secondary N) is 1. The maximum Gasteiger partial charge on any atom is 0.310 e. The summed E-state index contributed by atoms with van der Waals surface area (Å²) in [4.78, 5) is 72.3. The van der Waals surface area contributed by atoms with E-state index < -0.39 is 78.2 Å². The molecule has 4 N–H and O–H groups in total.